The molecule has 7 heteroatoms. The van der Waals surface area contributed by atoms with Gasteiger partial charge in [-0.15, -0.1) is 0 Å². The number of hydrogen-bond donors (Lipinski definition) is 1. The first kappa shape index (κ1) is 18.5. The summed E-state index contributed by atoms with van der Waals surface area (Å²) >= 11 is 0. The molecule has 0 bridgehead atoms. The highest BCUT2D eigenvalue weighted by Crippen LogP contribution is 2.19. The van der Waals surface area contributed by atoms with Gasteiger partial charge in [0.15, 0.2) is 0 Å². The third-order valence-corrected chi connectivity index (χ3v) is 4.76. The molecule has 0 aromatic heterocycles. The number of sulfonamides is 1. The number of nitriles is 1. The van der Waals surface area contributed by atoms with Crippen LogP contribution in [-0.4, -0.2) is 27.1 Å². The Morgan fingerprint density at radius 3 is 2.24 bits per heavy atom. The fourth-order valence-electron chi connectivity index (χ4n) is 2.25. The van der Waals surface area contributed by atoms with E-state index in [2.05, 4.69) is 5.32 Å². The number of benzene rings is 2. The summed E-state index contributed by atoms with van der Waals surface area (Å²) in [6, 6.07) is 15.5. The molecule has 0 spiro atoms. The maximum atomic E-state index is 12.1. The van der Waals surface area contributed by atoms with Crippen LogP contribution in [0.25, 0.3) is 0 Å². The molecule has 0 unspecified atom stereocenters. The summed E-state index contributed by atoms with van der Waals surface area (Å²) in [6.45, 7) is 1.97. The zero-order valence-corrected chi connectivity index (χ0v) is 14.9. The van der Waals surface area contributed by atoms with E-state index in [-0.39, 0.29) is 18.9 Å². The van der Waals surface area contributed by atoms with Crippen molar-refractivity contribution in [3.63, 3.8) is 0 Å². The molecule has 0 heterocycles. The quantitative estimate of drug-likeness (QED) is 0.860. The van der Waals surface area contributed by atoms with Crippen molar-refractivity contribution in [2.75, 3.05) is 22.4 Å². The number of anilines is 2. The van der Waals surface area contributed by atoms with Gasteiger partial charge in [0.05, 0.1) is 23.6 Å². The van der Waals surface area contributed by atoms with E-state index < -0.39 is 10.0 Å². The Balaban J connectivity index is 2.06. The van der Waals surface area contributed by atoms with Crippen molar-refractivity contribution in [2.24, 2.45) is 0 Å². The minimum Gasteiger partial charge on any atom is -0.326 e. The van der Waals surface area contributed by atoms with Crippen LogP contribution in [0, 0.1) is 18.3 Å². The fraction of sp³-hybridized carbons (Fsp3) is 0.222. The van der Waals surface area contributed by atoms with Crippen LogP contribution >= 0.6 is 0 Å². The Morgan fingerprint density at radius 1 is 1.12 bits per heavy atom. The maximum absolute atomic E-state index is 12.1. The van der Waals surface area contributed by atoms with E-state index in [4.69, 9.17) is 5.26 Å². The smallest absolute Gasteiger partial charge is 0.232 e. The SMILES string of the molecule is Cc1ccc(NC(=O)CCN(c2ccc(C#N)cc2)S(C)(=O)=O)cc1. The van der Waals surface area contributed by atoms with Crippen molar-refractivity contribution in [3.05, 3.63) is 59.7 Å². The second-order valence-corrected chi connectivity index (χ2v) is 7.56. The molecule has 0 radical (unpaired) electrons. The molecular weight excluding hydrogens is 338 g/mol. The molecule has 6 nitrogen and oxygen atoms in total. The first-order valence-corrected chi connectivity index (χ1v) is 9.49. The van der Waals surface area contributed by atoms with E-state index in [0.717, 1.165) is 16.1 Å². The number of nitrogens with one attached hydrogen (secondary N) is 1. The number of amides is 1. The molecule has 1 N–H and O–H groups in total. The molecule has 1 amide bonds. The zero-order valence-electron chi connectivity index (χ0n) is 14.1. The van der Waals surface area contributed by atoms with Crippen molar-refractivity contribution >= 4 is 27.3 Å². The van der Waals surface area contributed by atoms with Crippen molar-refractivity contribution < 1.29 is 13.2 Å². The van der Waals surface area contributed by atoms with Gasteiger partial charge in [-0.3, -0.25) is 9.10 Å². The van der Waals surface area contributed by atoms with Crippen molar-refractivity contribution in [3.8, 4) is 6.07 Å². The summed E-state index contributed by atoms with van der Waals surface area (Å²) in [5, 5.41) is 11.6. The van der Waals surface area contributed by atoms with Gasteiger partial charge in [-0.25, -0.2) is 8.42 Å². The molecule has 2 aromatic rings. The molecule has 0 aliphatic rings. The Hall–Kier alpha value is -2.85. The lowest BCUT2D eigenvalue weighted by atomic mass is 10.2. The zero-order chi connectivity index (χ0) is 18.4. The molecule has 0 fully saturated rings. The highest BCUT2D eigenvalue weighted by atomic mass is 32.2. The Bertz CT molecular complexity index is 883. The second-order valence-electron chi connectivity index (χ2n) is 5.66. The van der Waals surface area contributed by atoms with Crippen LogP contribution in [0.1, 0.15) is 17.5 Å². The molecular formula is C18H19N3O3S. The van der Waals surface area contributed by atoms with Crippen LogP contribution in [-0.2, 0) is 14.8 Å². The summed E-state index contributed by atoms with van der Waals surface area (Å²) in [7, 11) is -3.54. The van der Waals surface area contributed by atoms with Crippen molar-refractivity contribution in [1.29, 1.82) is 5.26 Å². The molecule has 130 valence electrons. The largest absolute Gasteiger partial charge is 0.326 e. The van der Waals surface area contributed by atoms with Gasteiger partial charge in [-0.1, -0.05) is 17.7 Å². The van der Waals surface area contributed by atoms with Gasteiger partial charge in [0, 0.05) is 18.7 Å². The fourth-order valence-corrected chi connectivity index (χ4v) is 3.18. The summed E-state index contributed by atoms with van der Waals surface area (Å²) in [6.07, 6.45) is 1.10. The van der Waals surface area contributed by atoms with Crippen molar-refractivity contribution in [2.45, 2.75) is 13.3 Å². The molecule has 25 heavy (non-hydrogen) atoms. The van der Waals surface area contributed by atoms with Gasteiger partial charge in [-0.2, -0.15) is 5.26 Å². The minimum absolute atomic E-state index is 0.0148. The molecule has 2 aromatic carbocycles. The molecule has 0 saturated heterocycles. The van der Waals surface area contributed by atoms with Crippen molar-refractivity contribution in [1.82, 2.24) is 0 Å². The monoisotopic (exact) mass is 357 g/mol. The lowest BCUT2D eigenvalue weighted by molar-refractivity contribution is -0.116. The number of carbonyl (C=O) groups is 1. The van der Waals surface area contributed by atoms with E-state index in [0.29, 0.717) is 16.9 Å². The highest BCUT2D eigenvalue weighted by Gasteiger charge is 2.18. The highest BCUT2D eigenvalue weighted by molar-refractivity contribution is 7.92. The number of aryl methyl sites for hydroxylation is 1. The molecule has 0 aliphatic carbocycles. The standard InChI is InChI=1S/C18H19N3O3S/c1-14-3-7-16(8-4-14)20-18(22)11-12-21(25(2,23)24)17-9-5-15(13-19)6-10-17/h3-10H,11-12H2,1-2H3,(H,20,22). The summed E-state index contributed by atoms with van der Waals surface area (Å²) in [4.78, 5) is 12.1. The first-order chi connectivity index (χ1) is 11.8. The van der Waals surface area contributed by atoms with Gasteiger partial charge < -0.3 is 5.32 Å². The van der Waals surface area contributed by atoms with Crippen LogP contribution in [0.15, 0.2) is 48.5 Å². The minimum atomic E-state index is -3.54. The molecule has 0 atom stereocenters. The van der Waals surface area contributed by atoms with E-state index in [1.54, 1.807) is 36.4 Å². The van der Waals surface area contributed by atoms with Crippen LogP contribution in [0.2, 0.25) is 0 Å². The topological polar surface area (TPSA) is 90.3 Å². The number of rotatable bonds is 6. The Kier molecular flexibility index (Phi) is 5.78. The molecule has 0 saturated carbocycles. The average molecular weight is 357 g/mol. The summed E-state index contributed by atoms with van der Waals surface area (Å²) in [5.74, 6) is -0.272. The Morgan fingerprint density at radius 2 is 1.72 bits per heavy atom. The van der Waals surface area contributed by atoms with Crippen LogP contribution in [0.4, 0.5) is 11.4 Å². The predicted octanol–water partition coefficient (Wildman–Crippen LogP) is 2.66. The van der Waals surface area contributed by atoms with Gasteiger partial charge in [0.2, 0.25) is 15.9 Å². The number of carbonyl (C=O) groups excluding carboxylic acids is 1. The lowest BCUT2D eigenvalue weighted by Gasteiger charge is -2.22. The lowest BCUT2D eigenvalue weighted by Crippen LogP contribution is -2.33. The third kappa shape index (κ3) is 5.33. The van der Waals surface area contributed by atoms with Crippen LogP contribution in [0.5, 0.6) is 0 Å². The van der Waals surface area contributed by atoms with Crippen LogP contribution in [0.3, 0.4) is 0 Å². The van der Waals surface area contributed by atoms with E-state index in [1.165, 1.54) is 0 Å². The van der Waals surface area contributed by atoms with Gasteiger partial charge >= 0.3 is 0 Å². The predicted molar refractivity (Wildman–Crippen MR) is 97.8 cm³/mol. The van der Waals surface area contributed by atoms with Gasteiger partial charge in [0.25, 0.3) is 0 Å². The maximum Gasteiger partial charge on any atom is 0.232 e. The molecule has 0 aliphatic heterocycles. The van der Waals surface area contributed by atoms with E-state index >= 15 is 0 Å². The molecule has 2 rings (SSSR count). The third-order valence-electron chi connectivity index (χ3n) is 3.56. The van der Waals surface area contributed by atoms with Gasteiger partial charge in [-0.05, 0) is 43.3 Å². The normalized spacial score (nSPS) is 10.8. The van der Waals surface area contributed by atoms with E-state index in [1.807, 2.05) is 25.1 Å². The van der Waals surface area contributed by atoms with Crippen LogP contribution < -0.4 is 9.62 Å². The number of nitrogens with zero attached hydrogens (tertiary/aromatic N) is 2. The number of hydrogen-bond acceptors (Lipinski definition) is 4. The summed E-state index contributed by atoms with van der Waals surface area (Å²) < 4.78 is 25.2. The average Bonchev–Trinajstić information content (AvgIpc) is 2.56. The van der Waals surface area contributed by atoms with Gasteiger partial charge in [0.1, 0.15) is 0 Å². The van der Waals surface area contributed by atoms with E-state index in [9.17, 15) is 13.2 Å². The Labute approximate surface area is 147 Å². The second kappa shape index (κ2) is 7.81. The summed E-state index contributed by atoms with van der Waals surface area (Å²) in [5.41, 5.74) is 2.61. The first-order valence-electron chi connectivity index (χ1n) is 7.64.